The first-order valence-electron chi connectivity index (χ1n) is 9.93. The topological polar surface area (TPSA) is 74.2 Å². The highest BCUT2D eigenvalue weighted by atomic mass is 35.5. The molecule has 6 heteroatoms. The van der Waals surface area contributed by atoms with Crippen molar-refractivity contribution in [2.24, 2.45) is 0 Å². The zero-order valence-electron chi connectivity index (χ0n) is 16.8. The largest absolute Gasteiger partial charge is 0.387 e. The number of halogens is 1. The Morgan fingerprint density at radius 2 is 1.67 bits per heavy atom. The van der Waals surface area contributed by atoms with Gasteiger partial charge in [-0.2, -0.15) is 0 Å². The average molecular weight is 426 g/mol. The molecule has 30 heavy (non-hydrogen) atoms. The Morgan fingerprint density at radius 1 is 0.933 bits per heavy atom. The number of hydrogen-bond acceptors (Lipinski definition) is 4. The lowest BCUT2D eigenvalue weighted by Gasteiger charge is -2.12. The van der Waals surface area contributed by atoms with Crippen molar-refractivity contribution < 1.29 is 9.90 Å². The van der Waals surface area contributed by atoms with E-state index in [1.54, 1.807) is 6.20 Å². The van der Waals surface area contributed by atoms with Gasteiger partial charge < -0.3 is 15.7 Å². The van der Waals surface area contributed by atoms with Crippen LogP contribution in [0.15, 0.2) is 79.0 Å². The predicted molar refractivity (Wildman–Crippen MR) is 123 cm³/mol. The minimum atomic E-state index is -0.500. The van der Waals surface area contributed by atoms with Gasteiger partial charge >= 0.3 is 0 Å². The second-order valence-electron chi connectivity index (χ2n) is 6.95. The van der Waals surface area contributed by atoms with E-state index in [0.717, 1.165) is 29.9 Å². The van der Waals surface area contributed by atoms with Crippen LogP contribution in [0.4, 0.5) is 5.69 Å². The van der Waals surface area contributed by atoms with E-state index in [9.17, 15) is 9.90 Å². The Balaban J connectivity index is 0.00000320. The van der Waals surface area contributed by atoms with Crippen LogP contribution in [0.3, 0.4) is 0 Å². The predicted octanol–water partition coefficient (Wildman–Crippen LogP) is 3.94. The zero-order chi connectivity index (χ0) is 20.3. The summed E-state index contributed by atoms with van der Waals surface area (Å²) in [6, 6.07) is 23.3. The molecule has 2 aromatic carbocycles. The van der Waals surface area contributed by atoms with Gasteiger partial charge in [-0.25, -0.2) is 0 Å². The molecule has 158 valence electrons. The van der Waals surface area contributed by atoms with Gasteiger partial charge in [0.1, 0.15) is 0 Å². The Hall–Kier alpha value is -2.73. The quantitative estimate of drug-likeness (QED) is 0.430. The Labute approximate surface area is 184 Å². The summed E-state index contributed by atoms with van der Waals surface area (Å²) < 4.78 is 0. The number of aliphatic hydroxyl groups is 1. The molecular weight excluding hydrogens is 398 g/mol. The third kappa shape index (κ3) is 7.95. The number of nitrogens with one attached hydrogen (secondary N) is 2. The fourth-order valence-corrected chi connectivity index (χ4v) is 3.03. The zero-order valence-corrected chi connectivity index (χ0v) is 17.6. The first-order chi connectivity index (χ1) is 14.2. The van der Waals surface area contributed by atoms with E-state index in [4.69, 9.17) is 0 Å². The van der Waals surface area contributed by atoms with Crippen molar-refractivity contribution in [2.75, 3.05) is 18.4 Å². The summed E-state index contributed by atoms with van der Waals surface area (Å²) >= 11 is 0. The number of pyridine rings is 1. The van der Waals surface area contributed by atoms with Crippen LogP contribution >= 0.6 is 12.4 Å². The van der Waals surface area contributed by atoms with E-state index in [0.29, 0.717) is 19.4 Å². The van der Waals surface area contributed by atoms with Crippen LogP contribution in [-0.2, 0) is 17.6 Å². The van der Waals surface area contributed by atoms with Gasteiger partial charge in [0.2, 0.25) is 5.91 Å². The molecule has 3 rings (SSSR count). The number of carbonyl (C=O) groups excluding carboxylic acids is 1. The Bertz CT molecular complexity index is 874. The van der Waals surface area contributed by atoms with Gasteiger partial charge in [-0.15, -0.1) is 12.4 Å². The standard InChI is InChI=1S/C24H27N3O2.ClH/c28-23(20-6-2-1-3-7-20)18-25-17-15-19-9-11-22(12-10-19)27-24(29)14-13-21-8-4-5-16-26-21;/h1-12,16,23,25,28H,13-15,17-18H2,(H,27,29);1H/t23-;/m0./s1. The minimum absolute atomic E-state index is 0. The van der Waals surface area contributed by atoms with Crippen molar-refractivity contribution in [2.45, 2.75) is 25.4 Å². The van der Waals surface area contributed by atoms with Crippen molar-refractivity contribution in [1.82, 2.24) is 10.3 Å². The third-order valence-corrected chi connectivity index (χ3v) is 4.68. The van der Waals surface area contributed by atoms with Crippen LogP contribution in [0.2, 0.25) is 0 Å². The van der Waals surface area contributed by atoms with Crippen LogP contribution in [0.5, 0.6) is 0 Å². The second kappa shape index (κ2) is 12.8. The van der Waals surface area contributed by atoms with Crippen LogP contribution in [-0.4, -0.2) is 29.1 Å². The van der Waals surface area contributed by atoms with Crippen LogP contribution in [0.1, 0.15) is 29.3 Å². The van der Waals surface area contributed by atoms with E-state index in [1.807, 2.05) is 72.8 Å². The monoisotopic (exact) mass is 425 g/mol. The summed E-state index contributed by atoms with van der Waals surface area (Å²) in [6.07, 6.45) is 3.14. The smallest absolute Gasteiger partial charge is 0.224 e. The molecule has 0 aliphatic heterocycles. The molecule has 0 saturated carbocycles. The highest BCUT2D eigenvalue weighted by molar-refractivity contribution is 5.90. The fraction of sp³-hybridized carbons (Fsp3) is 0.250. The van der Waals surface area contributed by atoms with Gasteiger partial charge in [-0.1, -0.05) is 48.5 Å². The molecule has 0 unspecified atom stereocenters. The van der Waals surface area contributed by atoms with Gasteiger partial charge in [-0.3, -0.25) is 9.78 Å². The van der Waals surface area contributed by atoms with Crippen molar-refractivity contribution in [3.8, 4) is 0 Å². The van der Waals surface area contributed by atoms with Gasteiger partial charge in [0.05, 0.1) is 6.10 Å². The molecule has 5 nitrogen and oxygen atoms in total. The lowest BCUT2D eigenvalue weighted by molar-refractivity contribution is -0.116. The molecule has 1 amide bonds. The van der Waals surface area contributed by atoms with E-state index in [-0.39, 0.29) is 18.3 Å². The van der Waals surface area contributed by atoms with Gasteiger partial charge in [0, 0.05) is 30.5 Å². The molecule has 1 aromatic heterocycles. The molecule has 0 aliphatic rings. The molecule has 0 saturated heterocycles. The number of amides is 1. The molecule has 0 aliphatic carbocycles. The summed E-state index contributed by atoms with van der Waals surface area (Å²) in [5.41, 5.74) is 3.82. The van der Waals surface area contributed by atoms with Gasteiger partial charge in [0.25, 0.3) is 0 Å². The fourth-order valence-electron chi connectivity index (χ4n) is 3.03. The molecular formula is C24H28ClN3O2. The number of rotatable bonds is 10. The van der Waals surface area contributed by atoms with Crippen molar-refractivity contribution in [3.63, 3.8) is 0 Å². The molecule has 1 atom stereocenters. The van der Waals surface area contributed by atoms with Crippen molar-refractivity contribution >= 4 is 24.0 Å². The number of nitrogens with zero attached hydrogens (tertiary/aromatic N) is 1. The molecule has 0 spiro atoms. The number of aromatic nitrogens is 1. The lowest BCUT2D eigenvalue weighted by Crippen LogP contribution is -2.23. The summed E-state index contributed by atoms with van der Waals surface area (Å²) in [6.45, 7) is 1.30. The normalized spacial score (nSPS) is 11.4. The lowest BCUT2D eigenvalue weighted by atomic mass is 10.1. The maximum absolute atomic E-state index is 12.1. The van der Waals surface area contributed by atoms with Crippen LogP contribution < -0.4 is 10.6 Å². The van der Waals surface area contributed by atoms with Crippen LogP contribution in [0.25, 0.3) is 0 Å². The molecule has 1 heterocycles. The Kier molecular flexibility index (Phi) is 10.0. The molecule has 3 aromatic rings. The molecule has 0 fully saturated rings. The third-order valence-electron chi connectivity index (χ3n) is 4.68. The van der Waals surface area contributed by atoms with E-state index in [1.165, 1.54) is 5.56 Å². The summed E-state index contributed by atoms with van der Waals surface area (Å²) in [5.74, 6) is -0.0139. The molecule has 0 bridgehead atoms. The average Bonchev–Trinajstić information content (AvgIpc) is 2.77. The number of hydrogen-bond donors (Lipinski definition) is 3. The number of aryl methyl sites for hydroxylation is 1. The number of anilines is 1. The number of aliphatic hydroxyl groups excluding tert-OH is 1. The van der Waals surface area contributed by atoms with Gasteiger partial charge in [0.15, 0.2) is 0 Å². The highest BCUT2D eigenvalue weighted by Crippen LogP contribution is 2.12. The van der Waals surface area contributed by atoms with Gasteiger partial charge in [-0.05, 0) is 54.8 Å². The van der Waals surface area contributed by atoms with Crippen molar-refractivity contribution in [1.29, 1.82) is 0 Å². The highest BCUT2D eigenvalue weighted by Gasteiger charge is 2.06. The van der Waals surface area contributed by atoms with E-state index >= 15 is 0 Å². The maximum atomic E-state index is 12.1. The first kappa shape index (κ1) is 23.5. The Morgan fingerprint density at radius 3 is 2.37 bits per heavy atom. The van der Waals surface area contributed by atoms with E-state index in [2.05, 4.69) is 15.6 Å². The second-order valence-corrected chi connectivity index (χ2v) is 6.95. The molecule has 3 N–H and O–H groups in total. The summed E-state index contributed by atoms with van der Waals surface area (Å²) in [4.78, 5) is 16.3. The summed E-state index contributed by atoms with van der Waals surface area (Å²) in [7, 11) is 0. The number of carbonyl (C=O) groups is 1. The van der Waals surface area contributed by atoms with E-state index < -0.39 is 6.10 Å². The van der Waals surface area contributed by atoms with Crippen LogP contribution in [0, 0.1) is 0 Å². The SMILES string of the molecule is Cl.O=C(CCc1ccccn1)Nc1ccc(CCNC[C@H](O)c2ccccc2)cc1. The maximum Gasteiger partial charge on any atom is 0.224 e. The molecule has 0 radical (unpaired) electrons. The summed E-state index contributed by atoms with van der Waals surface area (Å²) in [5, 5.41) is 16.4. The first-order valence-corrected chi connectivity index (χ1v) is 9.93. The van der Waals surface area contributed by atoms with Crippen molar-refractivity contribution in [3.05, 3.63) is 95.8 Å². The minimum Gasteiger partial charge on any atom is -0.387 e. The number of benzene rings is 2.